The van der Waals surface area contributed by atoms with Gasteiger partial charge in [-0.15, -0.1) is 0 Å². The van der Waals surface area contributed by atoms with Gasteiger partial charge in [-0.2, -0.15) is 0 Å². The Balaban J connectivity index is 1.55. The summed E-state index contributed by atoms with van der Waals surface area (Å²) < 4.78 is 0. The van der Waals surface area contributed by atoms with Crippen LogP contribution in [0.4, 0.5) is 0 Å². The molecular formula is C17H33N3. The fraction of sp³-hybridized carbons (Fsp3) is 1.00. The van der Waals surface area contributed by atoms with Crippen LogP contribution in [0, 0.1) is 5.92 Å². The van der Waals surface area contributed by atoms with Gasteiger partial charge in [0.1, 0.15) is 0 Å². The Hall–Kier alpha value is -0.120. The largest absolute Gasteiger partial charge is 0.315 e. The van der Waals surface area contributed by atoms with Crippen molar-refractivity contribution in [3.8, 4) is 0 Å². The van der Waals surface area contributed by atoms with E-state index in [0.717, 1.165) is 18.0 Å². The first-order valence-corrected chi connectivity index (χ1v) is 8.99. The lowest BCUT2D eigenvalue weighted by Gasteiger charge is -2.42. The first-order chi connectivity index (χ1) is 9.84. The van der Waals surface area contributed by atoms with E-state index >= 15 is 0 Å². The van der Waals surface area contributed by atoms with Gasteiger partial charge in [-0.25, -0.2) is 0 Å². The fourth-order valence-corrected chi connectivity index (χ4v) is 4.65. The molecule has 0 aromatic carbocycles. The minimum absolute atomic E-state index is 0.803. The predicted octanol–water partition coefficient (Wildman–Crippen LogP) is 2.32. The number of piperidine rings is 1. The highest BCUT2D eigenvalue weighted by Gasteiger charge is 2.33. The van der Waals surface area contributed by atoms with E-state index in [9.17, 15) is 0 Å². The maximum absolute atomic E-state index is 3.63. The van der Waals surface area contributed by atoms with Crippen molar-refractivity contribution in [1.82, 2.24) is 15.1 Å². The van der Waals surface area contributed by atoms with Gasteiger partial charge in [-0.1, -0.05) is 19.3 Å². The average molecular weight is 279 g/mol. The van der Waals surface area contributed by atoms with E-state index in [0.29, 0.717) is 0 Å². The number of hydrogen-bond acceptors (Lipinski definition) is 3. The summed E-state index contributed by atoms with van der Waals surface area (Å²) in [6.07, 6.45) is 11.5. The summed E-state index contributed by atoms with van der Waals surface area (Å²) in [6, 6.07) is 1.68. The maximum atomic E-state index is 3.63. The summed E-state index contributed by atoms with van der Waals surface area (Å²) in [5, 5.41) is 3.63. The number of nitrogens with one attached hydrogen (secondary N) is 1. The first kappa shape index (κ1) is 14.8. The Morgan fingerprint density at radius 1 is 1.00 bits per heavy atom. The Kier molecular flexibility index (Phi) is 5.36. The summed E-state index contributed by atoms with van der Waals surface area (Å²) in [6.45, 7) is 6.47. The molecule has 1 aliphatic carbocycles. The Morgan fingerprint density at radius 3 is 2.50 bits per heavy atom. The van der Waals surface area contributed by atoms with Gasteiger partial charge < -0.3 is 10.2 Å². The summed E-state index contributed by atoms with van der Waals surface area (Å²) >= 11 is 0. The molecule has 116 valence electrons. The van der Waals surface area contributed by atoms with Crippen LogP contribution < -0.4 is 5.32 Å². The van der Waals surface area contributed by atoms with Gasteiger partial charge in [0.25, 0.3) is 0 Å². The predicted molar refractivity (Wildman–Crippen MR) is 85.1 cm³/mol. The molecule has 0 aromatic heterocycles. The topological polar surface area (TPSA) is 18.5 Å². The lowest BCUT2D eigenvalue weighted by Crippen LogP contribution is -2.53. The molecule has 1 N–H and O–H groups in total. The lowest BCUT2D eigenvalue weighted by molar-refractivity contribution is 0.0878. The lowest BCUT2D eigenvalue weighted by atomic mass is 9.89. The summed E-state index contributed by atoms with van der Waals surface area (Å²) in [4.78, 5) is 5.48. The molecule has 2 saturated heterocycles. The molecule has 0 spiro atoms. The summed E-state index contributed by atoms with van der Waals surface area (Å²) in [7, 11) is 2.39. The monoisotopic (exact) mass is 279 g/mol. The molecule has 3 rings (SSSR count). The van der Waals surface area contributed by atoms with Gasteiger partial charge in [-0.05, 0) is 64.7 Å². The second-order valence-electron chi connectivity index (χ2n) is 7.29. The Bertz CT molecular complexity index is 282. The molecule has 2 heterocycles. The molecule has 0 radical (unpaired) electrons. The molecule has 2 aliphatic heterocycles. The molecule has 3 nitrogen and oxygen atoms in total. The molecule has 20 heavy (non-hydrogen) atoms. The van der Waals surface area contributed by atoms with Crippen molar-refractivity contribution in [1.29, 1.82) is 0 Å². The molecule has 0 aromatic rings. The van der Waals surface area contributed by atoms with E-state index in [1.807, 2.05) is 0 Å². The average Bonchev–Trinajstić information content (AvgIpc) is 3.03. The van der Waals surface area contributed by atoms with E-state index in [2.05, 4.69) is 22.2 Å². The van der Waals surface area contributed by atoms with E-state index in [4.69, 9.17) is 0 Å². The van der Waals surface area contributed by atoms with Gasteiger partial charge in [0, 0.05) is 25.2 Å². The van der Waals surface area contributed by atoms with Crippen molar-refractivity contribution in [2.45, 2.75) is 63.5 Å². The minimum atomic E-state index is 0.803. The fourth-order valence-electron chi connectivity index (χ4n) is 4.65. The zero-order valence-electron chi connectivity index (χ0n) is 13.3. The number of rotatable bonds is 4. The smallest absolute Gasteiger partial charge is 0.0261 e. The van der Waals surface area contributed by atoms with E-state index in [-0.39, 0.29) is 0 Å². The molecule has 0 bridgehead atoms. The van der Waals surface area contributed by atoms with Gasteiger partial charge >= 0.3 is 0 Å². The SMILES string of the molecule is CN(CC1CCNCC1N1CCCC1)C1CCCCC1. The van der Waals surface area contributed by atoms with Crippen LogP contribution in [0.5, 0.6) is 0 Å². The van der Waals surface area contributed by atoms with Gasteiger partial charge in [0.2, 0.25) is 0 Å². The Labute approximate surface area is 125 Å². The number of nitrogens with zero attached hydrogens (tertiary/aromatic N) is 2. The van der Waals surface area contributed by atoms with Crippen LogP contribution in [0.2, 0.25) is 0 Å². The quantitative estimate of drug-likeness (QED) is 0.852. The highest BCUT2D eigenvalue weighted by atomic mass is 15.2. The highest BCUT2D eigenvalue weighted by Crippen LogP contribution is 2.26. The van der Waals surface area contributed by atoms with Gasteiger partial charge in [0.05, 0.1) is 0 Å². The van der Waals surface area contributed by atoms with Gasteiger partial charge in [-0.3, -0.25) is 4.90 Å². The summed E-state index contributed by atoms with van der Waals surface area (Å²) in [5.74, 6) is 0.890. The van der Waals surface area contributed by atoms with E-state index in [1.165, 1.54) is 84.1 Å². The number of hydrogen-bond donors (Lipinski definition) is 1. The number of likely N-dealkylation sites (tertiary alicyclic amines) is 1. The summed E-state index contributed by atoms with van der Waals surface area (Å²) in [5.41, 5.74) is 0. The van der Waals surface area contributed by atoms with Crippen LogP contribution in [-0.4, -0.2) is 61.7 Å². The van der Waals surface area contributed by atoms with Crippen molar-refractivity contribution in [2.24, 2.45) is 5.92 Å². The minimum Gasteiger partial charge on any atom is -0.315 e. The molecule has 3 aliphatic rings. The highest BCUT2D eigenvalue weighted by molar-refractivity contribution is 4.90. The van der Waals surface area contributed by atoms with E-state index < -0.39 is 0 Å². The first-order valence-electron chi connectivity index (χ1n) is 8.99. The van der Waals surface area contributed by atoms with Crippen molar-refractivity contribution < 1.29 is 0 Å². The maximum Gasteiger partial charge on any atom is 0.0261 e. The third-order valence-electron chi connectivity index (χ3n) is 5.92. The van der Waals surface area contributed by atoms with Crippen molar-refractivity contribution in [2.75, 3.05) is 39.8 Å². The molecule has 1 saturated carbocycles. The van der Waals surface area contributed by atoms with Crippen LogP contribution in [0.15, 0.2) is 0 Å². The van der Waals surface area contributed by atoms with Gasteiger partial charge in [0.15, 0.2) is 0 Å². The standard InChI is InChI=1S/C17H33N3/c1-19(16-7-3-2-4-8-16)14-15-9-10-18-13-17(15)20-11-5-6-12-20/h15-18H,2-14H2,1H3. The van der Waals surface area contributed by atoms with Crippen LogP contribution in [0.3, 0.4) is 0 Å². The zero-order valence-corrected chi connectivity index (χ0v) is 13.3. The third kappa shape index (κ3) is 3.55. The van der Waals surface area contributed by atoms with Crippen LogP contribution in [-0.2, 0) is 0 Å². The van der Waals surface area contributed by atoms with Crippen molar-refractivity contribution in [3.05, 3.63) is 0 Å². The van der Waals surface area contributed by atoms with Crippen molar-refractivity contribution >= 4 is 0 Å². The van der Waals surface area contributed by atoms with Crippen LogP contribution in [0.25, 0.3) is 0 Å². The Morgan fingerprint density at radius 2 is 1.75 bits per heavy atom. The second kappa shape index (κ2) is 7.24. The second-order valence-corrected chi connectivity index (χ2v) is 7.29. The molecule has 0 amide bonds. The third-order valence-corrected chi connectivity index (χ3v) is 5.92. The van der Waals surface area contributed by atoms with Crippen LogP contribution >= 0.6 is 0 Å². The molecular weight excluding hydrogens is 246 g/mol. The van der Waals surface area contributed by atoms with E-state index in [1.54, 1.807) is 0 Å². The molecule has 3 heteroatoms. The van der Waals surface area contributed by atoms with Crippen LogP contribution in [0.1, 0.15) is 51.4 Å². The molecule has 3 fully saturated rings. The normalized spacial score (nSPS) is 33.9. The zero-order chi connectivity index (χ0) is 13.8. The van der Waals surface area contributed by atoms with Crippen molar-refractivity contribution in [3.63, 3.8) is 0 Å². The molecule has 2 unspecified atom stereocenters. The molecule has 2 atom stereocenters.